The van der Waals surface area contributed by atoms with E-state index in [0.29, 0.717) is 23.7 Å². The SMILES string of the molecule is CCCc1noc2nc(C3CC3)cc(C(=O)N3CCCCC3CN)c12.Cl. The van der Waals surface area contributed by atoms with Crippen molar-refractivity contribution in [1.29, 1.82) is 0 Å². The molecule has 2 aliphatic rings. The lowest BCUT2D eigenvalue weighted by atomic mass is 9.99. The molecule has 26 heavy (non-hydrogen) atoms. The number of rotatable bonds is 5. The molecule has 0 radical (unpaired) electrons. The number of hydrogen-bond donors (Lipinski definition) is 1. The van der Waals surface area contributed by atoms with Gasteiger partial charge in [-0.3, -0.25) is 4.79 Å². The maximum Gasteiger partial charge on any atom is 0.259 e. The zero-order chi connectivity index (χ0) is 17.4. The Labute approximate surface area is 159 Å². The van der Waals surface area contributed by atoms with E-state index in [9.17, 15) is 4.79 Å². The Hall–Kier alpha value is -1.66. The highest BCUT2D eigenvalue weighted by molar-refractivity contribution is 6.06. The minimum absolute atomic E-state index is 0. The molecule has 2 aromatic rings. The van der Waals surface area contributed by atoms with Gasteiger partial charge in [0.15, 0.2) is 0 Å². The number of carbonyl (C=O) groups is 1. The number of amides is 1. The number of hydrogen-bond acceptors (Lipinski definition) is 5. The van der Waals surface area contributed by atoms with Gasteiger partial charge < -0.3 is 15.2 Å². The third-order valence-electron chi connectivity index (χ3n) is 5.41. The number of likely N-dealkylation sites (tertiary alicyclic amines) is 1. The van der Waals surface area contributed by atoms with E-state index in [-0.39, 0.29) is 24.4 Å². The number of pyridine rings is 1. The number of nitrogens with two attached hydrogens (primary N) is 1. The van der Waals surface area contributed by atoms with Gasteiger partial charge in [-0.15, -0.1) is 12.4 Å². The van der Waals surface area contributed by atoms with Crippen LogP contribution in [0.15, 0.2) is 10.6 Å². The number of carbonyl (C=O) groups excluding carboxylic acids is 1. The van der Waals surface area contributed by atoms with E-state index in [0.717, 1.165) is 68.3 Å². The molecule has 0 spiro atoms. The van der Waals surface area contributed by atoms with Crippen molar-refractivity contribution in [2.24, 2.45) is 5.73 Å². The molecular formula is C19H27ClN4O2. The highest BCUT2D eigenvalue weighted by atomic mass is 35.5. The fourth-order valence-corrected chi connectivity index (χ4v) is 3.86. The molecule has 6 nitrogen and oxygen atoms in total. The fraction of sp³-hybridized carbons (Fsp3) is 0.632. The van der Waals surface area contributed by atoms with E-state index in [1.165, 1.54) is 0 Å². The molecule has 4 rings (SSSR count). The number of fused-ring (bicyclic) bond motifs is 1. The monoisotopic (exact) mass is 378 g/mol. The maximum absolute atomic E-state index is 13.4. The lowest BCUT2D eigenvalue weighted by Gasteiger charge is -2.35. The first kappa shape index (κ1) is 19.1. The van der Waals surface area contributed by atoms with Crippen molar-refractivity contribution in [1.82, 2.24) is 15.0 Å². The number of piperidine rings is 1. The molecule has 2 fully saturated rings. The molecule has 3 heterocycles. The Kier molecular flexibility index (Phi) is 5.82. The third-order valence-corrected chi connectivity index (χ3v) is 5.41. The molecule has 1 aliphatic heterocycles. The van der Waals surface area contributed by atoms with Crippen molar-refractivity contribution in [3.63, 3.8) is 0 Å². The zero-order valence-electron chi connectivity index (χ0n) is 15.2. The van der Waals surface area contributed by atoms with Crippen molar-refractivity contribution in [3.05, 3.63) is 23.0 Å². The van der Waals surface area contributed by atoms with Crippen molar-refractivity contribution < 1.29 is 9.32 Å². The van der Waals surface area contributed by atoms with Crippen LogP contribution >= 0.6 is 12.4 Å². The first-order chi connectivity index (χ1) is 12.2. The van der Waals surface area contributed by atoms with Crippen molar-refractivity contribution in [3.8, 4) is 0 Å². The summed E-state index contributed by atoms with van der Waals surface area (Å²) in [6.07, 6.45) is 7.18. The molecule has 1 saturated heterocycles. The summed E-state index contributed by atoms with van der Waals surface area (Å²) < 4.78 is 5.49. The van der Waals surface area contributed by atoms with Crippen LogP contribution in [-0.2, 0) is 6.42 Å². The summed E-state index contributed by atoms with van der Waals surface area (Å²) in [5.74, 6) is 0.521. The molecule has 2 N–H and O–H groups in total. The van der Waals surface area contributed by atoms with Crippen LogP contribution in [0.4, 0.5) is 0 Å². The second kappa shape index (κ2) is 7.92. The molecule has 2 aromatic heterocycles. The van der Waals surface area contributed by atoms with Gasteiger partial charge in [0.25, 0.3) is 11.6 Å². The van der Waals surface area contributed by atoms with Crippen LogP contribution in [0.1, 0.15) is 73.1 Å². The van der Waals surface area contributed by atoms with Crippen molar-refractivity contribution >= 4 is 29.4 Å². The van der Waals surface area contributed by atoms with Crippen LogP contribution < -0.4 is 5.73 Å². The molecule has 142 valence electrons. The fourth-order valence-electron chi connectivity index (χ4n) is 3.86. The summed E-state index contributed by atoms with van der Waals surface area (Å²) >= 11 is 0. The summed E-state index contributed by atoms with van der Waals surface area (Å²) in [6.45, 7) is 3.39. The van der Waals surface area contributed by atoms with Gasteiger partial charge in [-0.25, -0.2) is 4.98 Å². The Morgan fingerprint density at radius 1 is 1.35 bits per heavy atom. The second-order valence-electron chi connectivity index (χ2n) is 7.31. The minimum atomic E-state index is 0. The van der Waals surface area contributed by atoms with Crippen LogP contribution in [0.3, 0.4) is 0 Å². The Morgan fingerprint density at radius 2 is 2.15 bits per heavy atom. The van der Waals surface area contributed by atoms with Gasteiger partial charge >= 0.3 is 0 Å². The Morgan fingerprint density at radius 3 is 2.85 bits per heavy atom. The molecule has 1 atom stereocenters. The van der Waals surface area contributed by atoms with Gasteiger partial charge in [-0.05, 0) is 44.6 Å². The van der Waals surface area contributed by atoms with E-state index in [4.69, 9.17) is 10.3 Å². The number of aryl methyl sites for hydroxylation is 1. The van der Waals surface area contributed by atoms with E-state index in [1.807, 2.05) is 11.0 Å². The summed E-state index contributed by atoms with van der Waals surface area (Å²) in [5, 5.41) is 5.00. The van der Waals surface area contributed by atoms with Crippen LogP contribution in [0.5, 0.6) is 0 Å². The standard InChI is InChI=1S/C19H26N4O2.ClH/c1-2-5-15-17-14(19(24)23-9-4-3-6-13(23)11-20)10-16(12-7-8-12)21-18(17)25-22-15;/h10,12-13H,2-9,11,20H2,1H3;1H. The average Bonchev–Trinajstić information content (AvgIpc) is 3.42. The van der Waals surface area contributed by atoms with Crippen molar-refractivity contribution in [2.45, 2.75) is 63.8 Å². The minimum Gasteiger partial charge on any atom is -0.336 e. The molecule has 1 saturated carbocycles. The second-order valence-corrected chi connectivity index (χ2v) is 7.31. The molecule has 0 bridgehead atoms. The zero-order valence-corrected chi connectivity index (χ0v) is 16.1. The third kappa shape index (κ3) is 3.45. The predicted molar refractivity (Wildman–Crippen MR) is 103 cm³/mol. The van der Waals surface area contributed by atoms with E-state index < -0.39 is 0 Å². The number of aromatic nitrogens is 2. The van der Waals surface area contributed by atoms with Crippen LogP contribution in [0.2, 0.25) is 0 Å². The van der Waals surface area contributed by atoms with Crippen molar-refractivity contribution in [2.75, 3.05) is 13.1 Å². The highest BCUT2D eigenvalue weighted by Crippen LogP contribution is 2.41. The first-order valence-electron chi connectivity index (χ1n) is 9.53. The summed E-state index contributed by atoms with van der Waals surface area (Å²) in [7, 11) is 0. The van der Waals surface area contributed by atoms with Gasteiger partial charge in [-0.1, -0.05) is 18.5 Å². The van der Waals surface area contributed by atoms with Gasteiger partial charge in [0.2, 0.25) is 0 Å². The summed E-state index contributed by atoms with van der Waals surface area (Å²) in [4.78, 5) is 20.0. The van der Waals surface area contributed by atoms with Crippen LogP contribution in [-0.4, -0.2) is 40.1 Å². The maximum atomic E-state index is 13.4. The van der Waals surface area contributed by atoms with E-state index in [1.54, 1.807) is 0 Å². The van der Waals surface area contributed by atoms with E-state index in [2.05, 4.69) is 17.1 Å². The smallest absolute Gasteiger partial charge is 0.259 e. The lowest BCUT2D eigenvalue weighted by molar-refractivity contribution is 0.0625. The topological polar surface area (TPSA) is 85.2 Å². The van der Waals surface area contributed by atoms with Gasteiger partial charge in [0, 0.05) is 30.7 Å². The first-order valence-corrected chi connectivity index (χ1v) is 9.53. The quantitative estimate of drug-likeness (QED) is 0.861. The molecule has 1 unspecified atom stereocenters. The molecule has 7 heteroatoms. The number of halogens is 1. The molecule has 0 aromatic carbocycles. The van der Waals surface area contributed by atoms with E-state index >= 15 is 0 Å². The van der Waals surface area contributed by atoms with Gasteiger partial charge in [0.1, 0.15) is 0 Å². The Balaban J connectivity index is 0.00000196. The molecular weight excluding hydrogens is 352 g/mol. The predicted octanol–water partition coefficient (Wildman–Crippen LogP) is 3.43. The van der Waals surface area contributed by atoms with Gasteiger partial charge in [0.05, 0.1) is 16.6 Å². The average molecular weight is 379 g/mol. The number of nitrogens with zero attached hydrogens (tertiary/aromatic N) is 3. The molecule has 1 amide bonds. The molecule has 1 aliphatic carbocycles. The lowest BCUT2D eigenvalue weighted by Crippen LogP contribution is -2.47. The Bertz CT molecular complexity index is 787. The summed E-state index contributed by atoms with van der Waals surface area (Å²) in [6, 6.07) is 2.12. The highest BCUT2D eigenvalue weighted by Gasteiger charge is 2.32. The van der Waals surface area contributed by atoms with Gasteiger partial charge in [-0.2, -0.15) is 0 Å². The van der Waals surface area contributed by atoms with Crippen LogP contribution in [0, 0.1) is 0 Å². The normalized spacial score (nSPS) is 20.2. The summed E-state index contributed by atoms with van der Waals surface area (Å²) in [5.41, 5.74) is 8.96. The largest absolute Gasteiger partial charge is 0.336 e. The van der Waals surface area contributed by atoms with Crippen LogP contribution in [0.25, 0.3) is 11.1 Å².